The lowest BCUT2D eigenvalue weighted by molar-refractivity contribution is -0.148. The number of imide groups is 1. The third-order valence-corrected chi connectivity index (χ3v) is 4.41. The van der Waals surface area contributed by atoms with Crippen molar-refractivity contribution >= 4 is 46.6 Å². The first-order valence-corrected chi connectivity index (χ1v) is 7.77. The van der Waals surface area contributed by atoms with Crippen LogP contribution in [0, 0.1) is 0 Å². The van der Waals surface area contributed by atoms with Crippen LogP contribution in [0.25, 0.3) is 6.08 Å². The fourth-order valence-electron chi connectivity index (χ4n) is 2.01. The van der Waals surface area contributed by atoms with Crippen molar-refractivity contribution < 1.29 is 23.9 Å². The number of thioether (sulfide) groups is 1. The zero-order valence-corrected chi connectivity index (χ0v) is 14.2. The molecular weight excluding hydrogens is 342 g/mol. The van der Waals surface area contributed by atoms with Crippen LogP contribution in [-0.4, -0.2) is 42.3 Å². The molecule has 2 amide bonds. The van der Waals surface area contributed by atoms with Gasteiger partial charge in [0.1, 0.15) is 11.8 Å². The van der Waals surface area contributed by atoms with Crippen LogP contribution < -0.4 is 4.74 Å². The number of rotatable bonds is 4. The minimum absolute atomic E-state index is 0.215. The van der Waals surface area contributed by atoms with Gasteiger partial charge in [0.2, 0.25) is 0 Å². The van der Waals surface area contributed by atoms with E-state index in [-0.39, 0.29) is 4.91 Å². The molecule has 0 N–H and O–H groups in total. The van der Waals surface area contributed by atoms with E-state index in [0.29, 0.717) is 16.3 Å². The summed E-state index contributed by atoms with van der Waals surface area (Å²) in [4.78, 5) is 37.0. The molecule has 8 heteroatoms. The molecule has 1 aromatic rings. The number of hydrogen-bond donors (Lipinski definition) is 0. The van der Waals surface area contributed by atoms with E-state index in [1.165, 1.54) is 21.1 Å². The summed E-state index contributed by atoms with van der Waals surface area (Å²) in [6.45, 7) is 1.44. The van der Waals surface area contributed by atoms with E-state index in [9.17, 15) is 14.4 Å². The van der Waals surface area contributed by atoms with Gasteiger partial charge in [-0.15, -0.1) is 0 Å². The molecule has 1 saturated heterocycles. The Hall–Kier alpha value is -1.99. The van der Waals surface area contributed by atoms with Crippen LogP contribution in [0.15, 0.2) is 23.1 Å². The fourth-order valence-corrected chi connectivity index (χ4v) is 3.19. The molecule has 1 aliphatic rings. The second-order valence-corrected chi connectivity index (χ2v) is 6.05. The van der Waals surface area contributed by atoms with Crippen LogP contribution >= 0.6 is 23.4 Å². The molecule has 1 heterocycles. The number of halogens is 1. The van der Waals surface area contributed by atoms with Crippen molar-refractivity contribution in [3.63, 3.8) is 0 Å². The van der Waals surface area contributed by atoms with Crippen molar-refractivity contribution in [1.82, 2.24) is 4.90 Å². The number of benzene rings is 1. The molecule has 122 valence electrons. The van der Waals surface area contributed by atoms with Crippen LogP contribution in [-0.2, 0) is 14.3 Å². The van der Waals surface area contributed by atoms with Gasteiger partial charge >= 0.3 is 5.97 Å². The molecule has 0 aliphatic carbocycles. The zero-order valence-electron chi connectivity index (χ0n) is 12.7. The van der Waals surface area contributed by atoms with E-state index in [1.807, 2.05) is 0 Å². The van der Waals surface area contributed by atoms with Crippen molar-refractivity contribution in [2.75, 3.05) is 14.2 Å². The summed E-state index contributed by atoms with van der Waals surface area (Å²) in [6, 6.07) is 4.02. The molecule has 0 bridgehead atoms. The van der Waals surface area contributed by atoms with E-state index in [0.717, 1.165) is 16.7 Å². The number of methoxy groups -OCH3 is 2. The predicted molar refractivity (Wildman–Crippen MR) is 87.3 cm³/mol. The van der Waals surface area contributed by atoms with Crippen molar-refractivity contribution in [3.8, 4) is 5.75 Å². The highest BCUT2D eigenvalue weighted by molar-refractivity contribution is 8.18. The minimum atomic E-state index is -0.974. The molecule has 0 unspecified atom stereocenters. The van der Waals surface area contributed by atoms with Crippen molar-refractivity contribution in [1.29, 1.82) is 0 Å². The summed E-state index contributed by atoms with van der Waals surface area (Å²) < 4.78 is 9.63. The number of carbonyl (C=O) groups excluding carboxylic acids is 3. The van der Waals surface area contributed by atoms with E-state index < -0.39 is 23.2 Å². The van der Waals surface area contributed by atoms with Crippen LogP contribution in [0.4, 0.5) is 4.79 Å². The van der Waals surface area contributed by atoms with E-state index in [4.69, 9.17) is 16.3 Å². The standard InChI is InChI=1S/C15H14ClNO5S/c1-8(14(19)22-3)17-13(18)12(23-15(17)20)7-9-4-5-11(21-2)10(16)6-9/h4-8H,1-3H3/b12-7+/t8-/m1/s1. The molecule has 1 fully saturated rings. The van der Waals surface area contributed by atoms with E-state index >= 15 is 0 Å². The molecule has 1 atom stereocenters. The summed E-state index contributed by atoms with van der Waals surface area (Å²) in [7, 11) is 2.70. The first-order valence-electron chi connectivity index (χ1n) is 6.57. The zero-order chi connectivity index (χ0) is 17.1. The smallest absolute Gasteiger partial charge is 0.328 e. The molecule has 6 nitrogen and oxygen atoms in total. The number of carbonyl (C=O) groups is 3. The number of hydrogen-bond acceptors (Lipinski definition) is 6. The lowest BCUT2D eigenvalue weighted by Gasteiger charge is -2.18. The van der Waals surface area contributed by atoms with Gasteiger partial charge in [0.05, 0.1) is 24.1 Å². The minimum Gasteiger partial charge on any atom is -0.495 e. The first kappa shape index (κ1) is 17.4. The van der Waals surface area contributed by atoms with Gasteiger partial charge < -0.3 is 9.47 Å². The summed E-state index contributed by atoms with van der Waals surface area (Å²) in [6.07, 6.45) is 1.54. The molecular formula is C15H14ClNO5S. The lowest BCUT2D eigenvalue weighted by atomic mass is 10.2. The van der Waals surface area contributed by atoms with Gasteiger partial charge in [0.25, 0.3) is 11.1 Å². The van der Waals surface area contributed by atoms with Crippen molar-refractivity contribution in [2.24, 2.45) is 0 Å². The number of nitrogens with zero attached hydrogens (tertiary/aromatic N) is 1. The van der Waals surface area contributed by atoms with Gasteiger partial charge in [-0.05, 0) is 42.5 Å². The Kier molecular flexibility index (Phi) is 5.33. The van der Waals surface area contributed by atoms with Gasteiger partial charge in [0, 0.05) is 0 Å². The first-order chi connectivity index (χ1) is 10.9. The van der Waals surface area contributed by atoms with Crippen LogP contribution in [0.1, 0.15) is 12.5 Å². The fraction of sp³-hybridized carbons (Fsp3) is 0.267. The van der Waals surface area contributed by atoms with Crippen molar-refractivity contribution in [2.45, 2.75) is 13.0 Å². The monoisotopic (exact) mass is 355 g/mol. The van der Waals surface area contributed by atoms with E-state index in [2.05, 4.69) is 4.74 Å². The molecule has 0 spiro atoms. The Balaban J connectivity index is 2.28. The quantitative estimate of drug-likeness (QED) is 0.610. The summed E-state index contributed by atoms with van der Waals surface area (Å²) in [5.41, 5.74) is 0.645. The highest BCUT2D eigenvalue weighted by Gasteiger charge is 2.41. The number of amides is 2. The molecule has 1 aliphatic heterocycles. The average molecular weight is 356 g/mol. The second-order valence-electron chi connectivity index (χ2n) is 4.64. The Bertz CT molecular complexity index is 703. The highest BCUT2D eigenvalue weighted by Crippen LogP contribution is 2.34. The average Bonchev–Trinajstić information content (AvgIpc) is 2.80. The van der Waals surface area contributed by atoms with Gasteiger partial charge in [-0.25, -0.2) is 4.79 Å². The topological polar surface area (TPSA) is 72.9 Å². The maximum absolute atomic E-state index is 12.3. The van der Waals surface area contributed by atoms with Crippen molar-refractivity contribution in [3.05, 3.63) is 33.7 Å². The third kappa shape index (κ3) is 3.51. The molecule has 23 heavy (non-hydrogen) atoms. The molecule has 0 radical (unpaired) electrons. The Labute approximate surface area is 142 Å². The molecule has 0 aromatic heterocycles. The van der Waals surface area contributed by atoms with E-state index in [1.54, 1.807) is 24.3 Å². The van der Waals surface area contributed by atoms with Gasteiger partial charge in [0.15, 0.2) is 0 Å². The third-order valence-electron chi connectivity index (χ3n) is 3.23. The molecule has 1 aromatic carbocycles. The maximum Gasteiger partial charge on any atom is 0.328 e. The largest absolute Gasteiger partial charge is 0.495 e. The predicted octanol–water partition coefficient (Wildman–Crippen LogP) is 2.95. The SMILES string of the molecule is COC(=O)[C@@H](C)N1C(=O)S/C(=C/c2ccc(OC)c(Cl)c2)C1=O. The van der Waals surface area contributed by atoms with Gasteiger partial charge in [-0.2, -0.15) is 0 Å². The maximum atomic E-state index is 12.3. The van der Waals surface area contributed by atoms with Crippen LogP contribution in [0.5, 0.6) is 5.75 Å². The normalized spacial score (nSPS) is 17.6. The Morgan fingerprint density at radius 2 is 2.04 bits per heavy atom. The second kappa shape index (κ2) is 7.06. The lowest BCUT2D eigenvalue weighted by Crippen LogP contribution is -2.42. The van der Waals surface area contributed by atoms with Crippen LogP contribution in [0.3, 0.4) is 0 Å². The summed E-state index contributed by atoms with van der Waals surface area (Å²) in [5, 5.41) is -0.123. The molecule has 2 rings (SSSR count). The van der Waals surface area contributed by atoms with Gasteiger partial charge in [-0.3, -0.25) is 14.5 Å². The summed E-state index contributed by atoms with van der Waals surface area (Å²) in [5.74, 6) is -0.679. The summed E-state index contributed by atoms with van der Waals surface area (Å²) >= 11 is 6.80. The number of ether oxygens (including phenoxy) is 2. The highest BCUT2D eigenvalue weighted by atomic mass is 35.5. The Morgan fingerprint density at radius 3 is 2.61 bits per heavy atom. The number of esters is 1. The Morgan fingerprint density at radius 1 is 1.35 bits per heavy atom. The molecule has 0 saturated carbocycles. The van der Waals surface area contributed by atoms with Crippen LogP contribution in [0.2, 0.25) is 5.02 Å². The van der Waals surface area contributed by atoms with Gasteiger partial charge in [-0.1, -0.05) is 17.7 Å².